The van der Waals surface area contributed by atoms with Crippen LogP contribution in [0.5, 0.6) is 11.6 Å². The maximum atomic E-state index is 13.0. The second-order valence-corrected chi connectivity index (χ2v) is 7.42. The Morgan fingerprint density at radius 2 is 2.19 bits per heavy atom. The van der Waals surface area contributed by atoms with Gasteiger partial charge in [0, 0.05) is 55.7 Å². The molecule has 4 rings (SSSR count). The number of methoxy groups -OCH3 is 1. The number of rotatable bonds is 7. The number of carbonyl (C=O) groups excluding carboxylic acids is 1. The minimum Gasteiger partial charge on any atom is -0.494 e. The number of hydrogen-bond acceptors (Lipinski definition) is 8. The van der Waals surface area contributed by atoms with E-state index in [1.54, 1.807) is 17.9 Å². The van der Waals surface area contributed by atoms with E-state index < -0.39 is 0 Å². The van der Waals surface area contributed by atoms with Crippen LogP contribution in [0.4, 0.5) is 11.6 Å². The molecule has 2 aromatic heterocycles. The van der Waals surface area contributed by atoms with E-state index in [1.807, 2.05) is 33.3 Å². The topological polar surface area (TPSA) is 106 Å². The van der Waals surface area contributed by atoms with Gasteiger partial charge in [0.25, 0.3) is 5.91 Å². The third kappa shape index (κ3) is 4.24. The van der Waals surface area contributed by atoms with E-state index in [0.29, 0.717) is 30.0 Å². The van der Waals surface area contributed by atoms with Crippen molar-refractivity contribution in [1.29, 1.82) is 0 Å². The van der Waals surface area contributed by atoms with E-state index in [4.69, 9.17) is 9.47 Å². The lowest BCUT2D eigenvalue weighted by molar-refractivity contribution is 0.102. The summed E-state index contributed by atoms with van der Waals surface area (Å²) < 4.78 is 12.8. The molecule has 1 atom stereocenters. The van der Waals surface area contributed by atoms with Crippen LogP contribution in [0.25, 0.3) is 10.9 Å². The second-order valence-electron chi connectivity index (χ2n) is 7.42. The number of carbonyl (C=O) groups is 1. The quantitative estimate of drug-likeness (QED) is 0.590. The molecule has 3 aromatic rings. The normalized spacial score (nSPS) is 16.0. The van der Waals surface area contributed by atoms with E-state index in [9.17, 15) is 4.79 Å². The van der Waals surface area contributed by atoms with Crippen molar-refractivity contribution in [3.63, 3.8) is 0 Å². The van der Waals surface area contributed by atoms with Gasteiger partial charge in [0.15, 0.2) is 0 Å². The molecule has 3 heterocycles. The molecule has 1 amide bonds. The highest BCUT2D eigenvalue weighted by Crippen LogP contribution is 2.29. The molecule has 0 saturated carbocycles. The van der Waals surface area contributed by atoms with Crippen molar-refractivity contribution in [3.05, 3.63) is 30.1 Å². The fraction of sp³-hybridized carbons (Fsp3) is 0.429. The molecule has 1 aliphatic heterocycles. The van der Waals surface area contributed by atoms with Crippen LogP contribution in [-0.4, -0.2) is 65.6 Å². The van der Waals surface area contributed by atoms with Crippen LogP contribution in [0.3, 0.4) is 0 Å². The van der Waals surface area contributed by atoms with Gasteiger partial charge in [-0.15, -0.1) is 0 Å². The molecular formula is C21H27N7O3. The van der Waals surface area contributed by atoms with Crippen LogP contribution in [0, 0.1) is 0 Å². The number of hydrogen-bond donors (Lipinski definition) is 2. The Bertz CT molecular complexity index is 1100. The Labute approximate surface area is 180 Å². The Morgan fingerprint density at radius 1 is 1.35 bits per heavy atom. The van der Waals surface area contributed by atoms with Crippen LogP contribution in [0.15, 0.2) is 24.5 Å². The number of benzene rings is 1. The van der Waals surface area contributed by atoms with Crippen molar-refractivity contribution in [2.45, 2.75) is 19.4 Å². The van der Waals surface area contributed by atoms with Gasteiger partial charge in [-0.1, -0.05) is 0 Å². The first-order valence-electron chi connectivity index (χ1n) is 10.3. The van der Waals surface area contributed by atoms with Crippen molar-refractivity contribution in [2.75, 3.05) is 44.1 Å². The minimum absolute atomic E-state index is 0.271. The predicted molar refractivity (Wildman–Crippen MR) is 118 cm³/mol. The summed E-state index contributed by atoms with van der Waals surface area (Å²) in [6.45, 7) is 3.93. The summed E-state index contributed by atoms with van der Waals surface area (Å²) in [4.78, 5) is 24.1. The first kappa shape index (κ1) is 20.9. The molecule has 0 radical (unpaired) electrons. The largest absolute Gasteiger partial charge is 0.494 e. The zero-order valence-corrected chi connectivity index (χ0v) is 18.2. The van der Waals surface area contributed by atoms with E-state index >= 15 is 0 Å². The van der Waals surface area contributed by atoms with Gasteiger partial charge >= 0.3 is 0 Å². The highest BCUT2D eigenvalue weighted by molar-refractivity contribution is 6.06. The SMILES string of the molecule is CCOc1nc(N2CC[C@H](NC)C2)ncc1C(=O)Nc1cc(OC)c2nn(C)cc2c1. The zero-order valence-electron chi connectivity index (χ0n) is 18.2. The molecule has 1 aliphatic rings. The van der Waals surface area contributed by atoms with Gasteiger partial charge in [-0.2, -0.15) is 10.1 Å². The Hall–Kier alpha value is -3.40. The Morgan fingerprint density at radius 3 is 2.90 bits per heavy atom. The summed E-state index contributed by atoms with van der Waals surface area (Å²) in [7, 11) is 5.36. The average molecular weight is 425 g/mol. The molecule has 10 heteroatoms. The lowest BCUT2D eigenvalue weighted by atomic mass is 10.2. The van der Waals surface area contributed by atoms with Crippen molar-refractivity contribution in [2.24, 2.45) is 7.05 Å². The molecule has 0 bridgehead atoms. The first-order chi connectivity index (χ1) is 15.0. The minimum atomic E-state index is -0.352. The fourth-order valence-electron chi connectivity index (χ4n) is 3.74. The number of anilines is 2. The van der Waals surface area contributed by atoms with E-state index in [1.165, 1.54) is 6.20 Å². The number of aryl methyl sites for hydroxylation is 1. The van der Waals surface area contributed by atoms with E-state index in [-0.39, 0.29) is 17.4 Å². The summed E-state index contributed by atoms with van der Waals surface area (Å²) in [6.07, 6.45) is 4.41. The number of nitrogens with zero attached hydrogens (tertiary/aromatic N) is 5. The van der Waals surface area contributed by atoms with Crippen molar-refractivity contribution < 1.29 is 14.3 Å². The molecule has 0 spiro atoms. The molecular weight excluding hydrogens is 398 g/mol. The molecule has 164 valence electrons. The van der Waals surface area contributed by atoms with E-state index in [2.05, 4.69) is 30.6 Å². The number of aromatic nitrogens is 4. The van der Waals surface area contributed by atoms with E-state index in [0.717, 1.165) is 30.4 Å². The van der Waals surface area contributed by atoms with Gasteiger partial charge < -0.3 is 25.0 Å². The monoisotopic (exact) mass is 425 g/mol. The van der Waals surface area contributed by atoms with Gasteiger partial charge in [-0.25, -0.2) is 4.98 Å². The maximum absolute atomic E-state index is 13.0. The molecule has 1 aromatic carbocycles. The molecule has 2 N–H and O–H groups in total. The zero-order chi connectivity index (χ0) is 22.0. The maximum Gasteiger partial charge on any atom is 0.262 e. The van der Waals surface area contributed by atoms with Crippen molar-refractivity contribution >= 4 is 28.4 Å². The number of ether oxygens (including phenoxy) is 2. The van der Waals surface area contributed by atoms with Gasteiger partial charge in [0.05, 0.1) is 13.7 Å². The summed E-state index contributed by atoms with van der Waals surface area (Å²) in [6, 6.07) is 3.99. The molecule has 1 fully saturated rings. The predicted octanol–water partition coefficient (Wildman–Crippen LogP) is 1.82. The smallest absolute Gasteiger partial charge is 0.262 e. The number of amides is 1. The first-order valence-corrected chi connectivity index (χ1v) is 10.3. The van der Waals surface area contributed by atoms with Crippen LogP contribution in [-0.2, 0) is 7.05 Å². The standard InChI is InChI=1S/C21H27N7O3/c1-5-31-20-16(10-23-21(25-20)28-7-6-14(12-28)22-2)19(29)24-15-8-13-11-27(3)26-18(13)17(9-15)30-4/h8-11,14,22H,5-7,12H2,1-4H3,(H,24,29)/t14-/m0/s1. The van der Waals surface area contributed by atoms with Crippen LogP contribution >= 0.6 is 0 Å². The molecule has 31 heavy (non-hydrogen) atoms. The lowest BCUT2D eigenvalue weighted by Crippen LogP contribution is -2.30. The Balaban J connectivity index is 1.60. The number of likely N-dealkylation sites (N-methyl/N-ethyl adjacent to an activating group) is 1. The summed E-state index contributed by atoms with van der Waals surface area (Å²) in [5.41, 5.74) is 1.60. The van der Waals surface area contributed by atoms with Crippen LogP contribution < -0.4 is 25.0 Å². The summed E-state index contributed by atoms with van der Waals surface area (Å²) >= 11 is 0. The van der Waals surface area contributed by atoms with Crippen LogP contribution in [0.2, 0.25) is 0 Å². The third-order valence-corrected chi connectivity index (χ3v) is 5.31. The molecule has 0 unspecified atom stereocenters. The van der Waals surface area contributed by atoms with Crippen LogP contribution in [0.1, 0.15) is 23.7 Å². The van der Waals surface area contributed by atoms with Gasteiger partial charge in [-0.05, 0) is 26.5 Å². The van der Waals surface area contributed by atoms with Gasteiger partial charge in [0.2, 0.25) is 11.8 Å². The molecule has 0 aliphatic carbocycles. The van der Waals surface area contributed by atoms with Gasteiger partial charge in [-0.3, -0.25) is 9.48 Å². The average Bonchev–Trinajstić information content (AvgIpc) is 3.39. The van der Waals surface area contributed by atoms with Crippen molar-refractivity contribution in [1.82, 2.24) is 25.1 Å². The highest BCUT2D eigenvalue weighted by atomic mass is 16.5. The van der Waals surface area contributed by atoms with Gasteiger partial charge in [0.1, 0.15) is 16.8 Å². The second kappa shape index (κ2) is 8.76. The summed E-state index contributed by atoms with van der Waals surface area (Å²) in [5, 5.41) is 11.4. The molecule has 10 nitrogen and oxygen atoms in total. The highest BCUT2D eigenvalue weighted by Gasteiger charge is 2.25. The lowest BCUT2D eigenvalue weighted by Gasteiger charge is -2.18. The third-order valence-electron chi connectivity index (χ3n) is 5.31. The number of nitrogens with one attached hydrogen (secondary N) is 2. The summed E-state index contributed by atoms with van der Waals surface area (Å²) in [5.74, 6) is 1.07. The van der Waals surface area contributed by atoms with Crippen molar-refractivity contribution in [3.8, 4) is 11.6 Å². The Kier molecular flexibility index (Phi) is 5.90. The number of fused-ring (bicyclic) bond motifs is 1. The fourth-order valence-corrected chi connectivity index (χ4v) is 3.74. The molecule has 1 saturated heterocycles.